The van der Waals surface area contributed by atoms with Crippen molar-refractivity contribution in [2.45, 2.75) is 19.4 Å². The van der Waals surface area contributed by atoms with Crippen molar-refractivity contribution in [1.82, 2.24) is 4.90 Å². The number of hydrogen-bond donors (Lipinski definition) is 1. The van der Waals surface area contributed by atoms with Crippen LogP contribution in [0.1, 0.15) is 13.3 Å². The molecular weight excluding hydrogens is 200 g/mol. The molecule has 0 radical (unpaired) electrons. The Morgan fingerprint density at radius 3 is 2.60 bits per heavy atom. The molecule has 0 saturated heterocycles. The zero-order valence-electron chi connectivity index (χ0n) is 8.77. The SMILES string of the molecule is CC(CC#N)N(C)C(=O)COCC(=O)O. The largest absolute Gasteiger partial charge is 0.480 e. The van der Waals surface area contributed by atoms with E-state index in [0.29, 0.717) is 0 Å². The van der Waals surface area contributed by atoms with Gasteiger partial charge >= 0.3 is 5.97 Å². The van der Waals surface area contributed by atoms with Gasteiger partial charge in [-0.2, -0.15) is 5.26 Å². The van der Waals surface area contributed by atoms with E-state index in [-0.39, 0.29) is 25.0 Å². The first-order valence-electron chi connectivity index (χ1n) is 4.41. The number of nitrogens with zero attached hydrogens (tertiary/aromatic N) is 2. The Kier molecular flexibility index (Phi) is 6.06. The van der Waals surface area contributed by atoms with Gasteiger partial charge in [0.2, 0.25) is 5.91 Å². The molecule has 0 bridgehead atoms. The fourth-order valence-corrected chi connectivity index (χ4v) is 0.842. The molecule has 84 valence electrons. The lowest BCUT2D eigenvalue weighted by Crippen LogP contribution is -2.37. The van der Waals surface area contributed by atoms with Crippen molar-refractivity contribution < 1.29 is 19.4 Å². The summed E-state index contributed by atoms with van der Waals surface area (Å²) in [5.74, 6) is -1.45. The smallest absolute Gasteiger partial charge is 0.329 e. The molecule has 6 nitrogen and oxygen atoms in total. The number of carbonyl (C=O) groups is 2. The predicted molar refractivity (Wildman–Crippen MR) is 50.9 cm³/mol. The summed E-state index contributed by atoms with van der Waals surface area (Å²) < 4.78 is 4.63. The molecule has 0 spiro atoms. The average molecular weight is 214 g/mol. The summed E-state index contributed by atoms with van der Waals surface area (Å²) in [6.45, 7) is 0.961. The van der Waals surface area contributed by atoms with Gasteiger partial charge in [0.1, 0.15) is 13.2 Å². The first-order chi connectivity index (χ1) is 6.99. The number of rotatable bonds is 6. The van der Waals surface area contributed by atoms with Crippen molar-refractivity contribution in [3.05, 3.63) is 0 Å². The molecule has 1 N–H and O–H groups in total. The highest BCUT2D eigenvalue weighted by atomic mass is 16.5. The molecule has 6 heteroatoms. The van der Waals surface area contributed by atoms with Crippen LogP contribution < -0.4 is 0 Å². The molecule has 0 aromatic carbocycles. The molecule has 1 amide bonds. The summed E-state index contributed by atoms with van der Waals surface area (Å²) in [5.41, 5.74) is 0. The maximum atomic E-state index is 11.3. The maximum absolute atomic E-state index is 11.3. The van der Waals surface area contributed by atoms with Crippen LogP contribution in [0.25, 0.3) is 0 Å². The normalized spacial score (nSPS) is 11.5. The molecule has 0 aromatic rings. The second-order valence-electron chi connectivity index (χ2n) is 3.10. The second kappa shape index (κ2) is 6.79. The van der Waals surface area contributed by atoms with Gasteiger partial charge in [0.15, 0.2) is 0 Å². The highest BCUT2D eigenvalue weighted by Crippen LogP contribution is 2.00. The number of likely N-dealkylation sites (N-methyl/N-ethyl adjacent to an activating group) is 1. The van der Waals surface area contributed by atoms with E-state index in [1.54, 1.807) is 14.0 Å². The summed E-state index contributed by atoms with van der Waals surface area (Å²) in [5, 5.41) is 16.7. The van der Waals surface area contributed by atoms with Gasteiger partial charge in [-0.1, -0.05) is 0 Å². The van der Waals surface area contributed by atoms with E-state index >= 15 is 0 Å². The van der Waals surface area contributed by atoms with E-state index < -0.39 is 12.6 Å². The quantitative estimate of drug-likeness (QED) is 0.663. The Labute approximate surface area is 88.0 Å². The van der Waals surface area contributed by atoms with Gasteiger partial charge in [-0.05, 0) is 6.92 Å². The topological polar surface area (TPSA) is 90.6 Å². The first kappa shape index (κ1) is 13.4. The summed E-state index contributed by atoms with van der Waals surface area (Å²) in [6.07, 6.45) is 0.237. The Balaban J connectivity index is 3.89. The maximum Gasteiger partial charge on any atom is 0.329 e. The summed E-state index contributed by atoms with van der Waals surface area (Å²) in [7, 11) is 1.55. The first-order valence-corrected chi connectivity index (χ1v) is 4.41. The fourth-order valence-electron chi connectivity index (χ4n) is 0.842. The van der Waals surface area contributed by atoms with E-state index in [0.717, 1.165) is 0 Å². The standard InChI is InChI=1S/C9H14N2O4/c1-7(3-4-10)11(2)8(12)5-15-6-9(13)14/h7H,3,5-6H2,1-2H3,(H,13,14). The third kappa shape index (κ3) is 5.65. The molecule has 1 unspecified atom stereocenters. The molecule has 0 aromatic heterocycles. The average Bonchev–Trinajstić information content (AvgIpc) is 2.16. The van der Waals surface area contributed by atoms with Crippen LogP contribution in [0.2, 0.25) is 0 Å². The number of carboxylic acids is 1. The summed E-state index contributed by atoms with van der Waals surface area (Å²) in [4.78, 5) is 22.8. The van der Waals surface area contributed by atoms with Gasteiger partial charge in [0, 0.05) is 13.1 Å². The van der Waals surface area contributed by atoms with E-state index in [9.17, 15) is 9.59 Å². The molecule has 0 heterocycles. The van der Waals surface area contributed by atoms with Gasteiger partial charge < -0.3 is 14.7 Å². The van der Waals surface area contributed by atoms with Crippen LogP contribution >= 0.6 is 0 Å². The highest BCUT2D eigenvalue weighted by Gasteiger charge is 2.15. The summed E-state index contributed by atoms with van der Waals surface area (Å²) >= 11 is 0. The molecule has 15 heavy (non-hydrogen) atoms. The molecule has 0 fully saturated rings. The third-order valence-corrected chi connectivity index (χ3v) is 1.89. The lowest BCUT2D eigenvalue weighted by atomic mass is 10.2. The zero-order valence-corrected chi connectivity index (χ0v) is 8.77. The zero-order chi connectivity index (χ0) is 11.8. The van der Waals surface area contributed by atoms with Crippen molar-refractivity contribution in [3.63, 3.8) is 0 Å². The van der Waals surface area contributed by atoms with E-state index in [4.69, 9.17) is 10.4 Å². The van der Waals surface area contributed by atoms with Gasteiger partial charge in [-0.25, -0.2) is 4.79 Å². The van der Waals surface area contributed by atoms with E-state index in [1.165, 1.54) is 4.90 Å². The van der Waals surface area contributed by atoms with Crippen LogP contribution in [0.3, 0.4) is 0 Å². The highest BCUT2D eigenvalue weighted by molar-refractivity contribution is 5.78. The van der Waals surface area contributed by atoms with Crippen molar-refractivity contribution in [3.8, 4) is 6.07 Å². The number of carbonyl (C=O) groups excluding carboxylic acids is 1. The monoisotopic (exact) mass is 214 g/mol. The molecule has 0 aliphatic rings. The van der Waals surface area contributed by atoms with Crippen LogP contribution in [-0.2, 0) is 14.3 Å². The van der Waals surface area contributed by atoms with Gasteiger partial charge in [0.25, 0.3) is 0 Å². The van der Waals surface area contributed by atoms with Crippen molar-refractivity contribution in [1.29, 1.82) is 5.26 Å². The molecule has 0 saturated carbocycles. The van der Waals surface area contributed by atoms with Crippen LogP contribution in [-0.4, -0.2) is 48.2 Å². The van der Waals surface area contributed by atoms with E-state index in [1.807, 2.05) is 6.07 Å². The van der Waals surface area contributed by atoms with Crippen molar-refractivity contribution in [2.24, 2.45) is 0 Å². The Morgan fingerprint density at radius 1 is 1.53 bits per heavy atom. The number of aliphatic carboxylic acids is 1. The lowest BCUT2D eigenvalue weighted by Gasteiger charge is -2.22. The van der Waals surface area contributed by atoms with Crippen LogP contribution in [0, 0.1) is 11.3 Å². The minimum Gasteiger partial charge on any atom is -0.480 e. The minimum atomic E-state index is -1.12. The Hall–Kier alpha value is -1.61. The molecule has 0 rings (SSSR count). The van der Waals surface area contributed by atoms with Crippen LogP contribution in [0.4, 0.5) is 0 Å². The van der Waals surface area contributed by atoms with Gasteiger partial charge in [0.05, 0.1) is 12.5 Å². The fraction of sp³-hybridized carbons (Fsp3) is 0.667. The number of carboxylic acid groups (broad SMARTS) is 1. The van der Waals surface area contributed by atoms with Gasteiger partial charge in [-0.15, -0.1) is 0 Å². The molecular formula is C9H14N2O4. The second-order valence-corrected chi connectivity index (χ2v) is 3.10. The van der Waals surface area contributed by atoms with Crippen LogP contribution in [0.5, 0.6) is 0 Å². The minimum absolute atomic E-state index is 0.198. The third-order valence-electron chi connectivity index (χ3n) is 1.89. The number of amides is 1. The van der Waals surface area contributed by atoms with Crippen molar-refractivity contribution >= 4 is 11.9 Å². The van der Waals surface area contributed by atoms with Gasteiger partial charge in [-0.3, -0.25) is 4.79 Å². The summed E-state index contributed by atoms with van der Waals surface area (Å²) in [6, 6.07) is 1.75. The molecule has 0 aliphatic carbocycles. The Morgan fingerprint density at radius 2 is 2.13 bits per heavy atom. The number of ether oxygens (including phenoxy) is 1. The number of hydrogen-bond acceptors (Lipinski definition) is 4. The lowest BCUT2D eigenvalue weighted by molar-refractivity contribution is -0.145. The molecule has 1 atom stereocenters. The van der Waals surface area contributed by atoms with Crippen molar-refractivity contribution in [2.75, 3.05) is 20.3 Å². The number of nitriles is 1. The predicted octanol–water partition coefficient (Wildman–Crippen LogP) is -0.152. The molecule has 0 aliphatic heterocycles. The Bertz CT molecular complexity index is 272. The van der Waals surface area contributed by atoms with E-state index in [2.05, 4.69) is 4.74 Å². The van der Waals surface area contributed by atoms with Crippen LogP contribution in [0.15, 0.2) is 0 Å².